The van der Waals surface area contributed by atoms with E-state index in [9.17, 15) is 0 Å². The van der Waals surface area contributed by atoms with Crippen molar-refractivity contribution in [2.24, 2.45) is 11.7 Å². The molecule has 2 rings (SSSR count). The zero-order chi connectivity index (χ0) is 10.8. The minimum Gasteiger partial charge on any atom is -0.329 e. The Kier molecular flexibility index (Phi) is 3.83. The molecule has 1 heterocycles. The molecule has 0 bridgehead atoms. The molecular weight excluding hydrogens is 272 g/mol. The first-order valence-electron chi connectivity index (χ1n) is 5.34. The summed E-state index contributed by atoms with van der Waals surface area (Å²) in [5.41, 5.74) is 5.83. The highest BCUT2D eigenvalue weighted by Crippen LogP contribution is 2.35. The molecule has 84 valence electrons. The number of hydrogen-bond donors (Lipinski definition) is 1. The van der Waals surface area contributed by atoms with Crippen molar-refractivity contribution in [3.05, 3.63) is 20.8 Å². The maximum absolute atomic E-state index is 5.83. The van der Waals surface area contributed by atoms with Gasteiger partial charge in [0.05, 0.1) is 0 Å². The fourth-order valence-electron chi connectivity index (χ4n) is 2.01. The molecule has 0 radical (unpaired) electrons. The highest BCUT2D eigenvalue weighted by Gasteiger charge is 2.32. The molecule has 1 saturated carbocycles. The summed E-state index contributed by atoms with van der Waals surface area (Å²) in [4.78, 5) is 3.80. The molecule has 0 amide bonds. The number of nitrogens with zero attached hydrogens (tertiary/aromatic N) is 1. The van der Waals surface area contributed by atoms with Crippen LogP contribution in [-0.4, -0.2) is 24.5 Å². The van der Waals surface area contributed by atoms with Crippen molar-refractivity contribution in [2.45, 2.75) is 25.4 Å². The third kappa shape index (κ3) is 3.03. The van der Waals surface area contributed by atoms with Gasteiger partial charge in [0, 0.05) is 33.9 Å². The van der Waals surface area contributed by atoms with Crippen molar-refractivity contribution in [3.63, 3.8) is 0 Å². The summed E-state index contributed by atoms with van der Waals surface area (Å²) in [6, 6.07) is 2.77. The predicted molar refractivity (Wildman–Crippen MR) is 69.1 cm³/mol. The molecule has 1 aliphatic rings. The van der Waals surface area contributed by atoms with Crippen LogP contribution < -0.4 is 5.73 Å². The van der Waals surface area contributed by atoms with Gasteiger partial charge in [-0.15, -0.1) is 11.3 Å². The van der Waals surface area contributed by atoms with Gasteiger partial charge in [-0.25, -0.2) is 0 Å². The first kappa shape index (κ1) is 11.6. The molecule has 0 spiro atoms. The molecule has 2 nitrogen and oxygen atoms in total. The molecule has 2 N–H and O–H groups in total. The van der Waals surface area contributed by atoms with Crippen molar-refractivity contribution in [3.8, 4) is 0 Å². The highest BCUT2D eigenvalue weighted by molar-refractivity contribution is 9.10. The van der Waals surface area contributed by atoms with Crippen LogP contribution in [0.3, 0.4) is 0 Å². The van der Waals surface area contributed by atoms with Gasteiger partial charge in [-0.05, 0) is 47.8 Å². The fourth-order valence-corrected chi connectivity index (χ4v) is 3.53. The molecule has 1 aliphatic carbocycles. The van der Waals surface area contributed by atoms with Gasteiger partial charge in [-0.2, -0.15) is 0 Å². The summed E-state index contributed by atoms with van der Waals surface area (Å²) >= 11 is 5.29. The van der Waals surface area contributed by atoms with E-state index in [2.05, 4.69) is 39.3 Å². The summed E-state index contributed by atoms with van der Waals surface area (Å²) in [5, 5.41) is 2.14. The maximum Gasteiger partial charge on any atom is 0.0328 e. The van der Waals surface area contributed by atoms with Crippen LogP contribution in [0.4, 0.5) is 0 Å². The Balaban J connectivity index is 1.92. The van der Waals surface area contributed by atoms with E-state index in [4.69, 9.17) is 5.73 Å². The van der Waals surface area contributed by atoms with Crippen molar-refractivity contribution < 1.29 is 0 Å². The van der Waals surface area contributed by atoms with E-state index in [1.807, 2.05) is 11.3 Å². The number of halogens is 1. The van der Waals surface area contributed by atoms with E-state index < -0.39 is 0 Å². The fraction of sp³-hybridized carbons (Fsp3) is 0.636. The third-order valence-corrected chi connectivity index (χ3v) is 4.68. The van der Waals surface area contributed by atoms with Crippen LogP contribution in [-0.2, 0) is 6.54 Å². The predicted octanol–water partition coefficient (Wildman–Crippen LogP) is 2.68. The van der Waals surface area contributed by atoms with Crippen molar-refractivity contribution in [1.29, 1.82) is 0 Å². The SMILES string of the molecule is CN(Cc1cc(Br)cs1)C(CN)C1CC1. The largest absolute Gasteiger partial charge is 0.329 e. The Morgan fingerprint density at radius 1 is 1.67 bits per heavy atom. The van der Waals surface area contributed by atoms with E-state index in [-0.39, 0.29) is 0 Å². The normalized spacial score (nSPS) is 18.4. The van der Waals surface area contributed by atoms with Crippen LogP contribution in [0.1, 0.15) is 17.7 Å². The summed E-state index contributed by atoms with van der Waals surface area (Å²) in [6.45, 7) is 1.81. The van der Waals surface area contributed by atoms with E-state index >= 15 is 0 Å². The standard InChI is InChI=1S/C11H17BrN2S/c1-14(11(5-13)8-2-3-8)6-10-4-9(12)7-15-10/h4,7-8,11H,2-3,5-6,13H2,1H3. The Hall–Kier alpha value is 0.1000. The van der Waals surface area contributed by atoms with Gasteiger partial charge < -0.3 is 5.73 Å². The first-order valence-corrected chi connectivity index (χ1v) is 7.01. The van der Waals surface area contributed by atoms with Gasteiger partial charge in [0.25, 0.3) is 0 Å². The zero-order valence-corrected chi connectivity index (χ0v) is 11.4. The number of rotatable bonds is 5. The summed E-state index contributed by atoms with van der Waals surface area (Å²) in [5.74, 6) is 0.850. The van der Waals surface area contributed by atoms with Crippen LogP contribution in [0.25, 0.3) is 0 Å². The molecule has 0 aromatic carbocycles. The molecule has 1 aromatic heterocycles. The van der Waals surface area contributed by atoms with Gasteiger partial charge in [0.2, 0.25) is 0 Å². The number of nitrogens with two attached hydrogens (primary N) is 1. The summed E-state index contributed by atoms with van der Waals surface area (Å²) < 4.78 is 1.19. The Bertz CT molecular complexity index is 322. The Labute approximate surface area is 104 Å². The van der Waals surface area contributed by atoms with Crippen LogP contribution >= 0.6 is 27.3 Å². The van der Waals surface area contributed by atoms with Crippen molar-refractivity contribution in [1.82, 2.24) is 4.90 Å². The molecule has 1 fully saturated rings. The van der Waals surface area contributed by atoms with E-state index in [0.717, 1.165) is 19.0 Å². The van der Waals surface area contributed by atoms with Gasteiger partial charge in [0.1, 0.15) is 0 Å². The highest BCUT2D eigenvalue weighted by atomic mass is 79.9. The quantitative estimate of drug-likeness (QED) is 0.903. The summed E-state index contributed by atoms with van der Waals surface area (Å²) in [7, 11) is 2.18. The average molecular weight is 289 g/mol. The molecule has 0 aliphatic heterocycles. The van der Waals surface area contributed by atoms with E-state index in [1.165, 1.54) is 22.2 Å². The second-order valence-corrected chi connectivity index (χ2v) is 6.20. The maximum atomic E-state index is 5.83. The van der Waals surface area contributed by atoms with Crippen molar-refractivity contribution in [2.75, 3.05) is 13.6 Å². The summed E-state index contributed by atoms with van der Waals surface area (Å²) in [6.07, 6.45) is 2.72. The lowest BCUT2D eigenvalue weighted by molar-refractivity contribution is 0.217. The first-order chi connectivity index (χ1) is 7.20. The molecular formula is C11H17BrN2S. The molecule has 1 aromatic rings. The second kappa shape index (κ2) is 4.95. The Morgan fingerprint density at radius 2 is 2.40 bits per heavy atom. The lowest BCUT2D eigenvalue weighted by atomic mass is 10.1. The van der Waals surface area contributed by atoms with Gasteiger partial charge in [0.15, 0.2) is 0 Å². The molecule has 1 atom stereocenters. The number of hydrogen-bond acceptors (Lipinski definition) is 3. The van der Waals surface area contributed by atoms with Crippen LogP contribution in [0.2, 0.25) is 0 Å². The molecule has 4 heteroatoms. The minimum absolute atomic E-state index is 0.575. The van der Waals surface area contributed by atoms with Gasteiger partial charge in [-0.1, -0.05) is 0 Å². The van der Waals surface area contributed by atoms with Gasteiger partial charge in [-0.3, -0.25) is 4.90 Å². The lowest BCUT2D eigenvalue weighted by Gasteiger charge is -2.26. The smallest absolute Gasteiger partial charge is 0.0328 e. The molecule has 15 heavy (non-hydrogen) atoms. The van der Waals surface area contributed by atoms with Crippen LogP contribution in [0.5, 0.6) is 0 Å². The second-order valence-electron chi connectivity index (χ2n) is 4.29. The van der Waals surface area contributed by atoms with E-state index in [1.54, 1.807) is 0 Å². The van der Waals surface area contributed by atoms with Crippen molar-refractivity contribution >= 4 is 27.3 Å². The number of likely N-dealkylation sites (N-methyl/N-ethyl adjacent to an activating group) is 1. The number of thiophene rings is 1. The zero-order valence-electron chi connectivity index (χ0n) is 8.95. The molecule has 1 unspecified atom stereocenters. The topological polar surface area (TPSA) is 29.3 Å². The van der Waals surface area contributed by atoms with Crippen LogP contribution in [0.15, 0.2) is 15.9 Å². The monoisotopic (exact) mass is 288 g/mol. The average Bonchev–Trinajstić information content (AvgIpc) is 2.93. The van der Waals surface area contributed by atoms with Crippen LogP contribution in [0, 0.1) is 5.92 Å². The molecule has 0 saturated heterocycles. The lowest BCUT2D eigenvalue weighted by Crippen LogP contribution is -2.38. The van der Waals surface area contributed by atoms with E-state index in [0.29, 0.717) is 6.04 Å². The third-order valence-electron chi connectivity index (χ3n) is 3.00. The Morgan fingerprint density at radius 3 is 2.87 bits per heavy atom. The van der Waals surface area contributed by atoms with Gasteiger partial charge >= 0.3 is 0 Å². The minimum atomic E-state index is 0.575.